The highest BCUT2D eigenvalue weighted by molar-refractivity contribution is 6.09. The zero-order valence-corrected chi connectivity index (χ0v) is 16.6. The molecule has 0 aliphatic carbocycles. The number of anilines is 2. The first-order valence-electron chi connectivity index (χ1n) is 9.40. The van der Waals surface area contributed by atoms with E-state index in [9.17, 15) is 23.6 Å². The lowest BCUT2D eigenvalue weighted by atomic mass is 10.1. The van der Waals surface area contributed by atoms with Crippen molar-refractivity contribution in [1.29, 1.82) is 5.26 Å². The Balaban J connectivity index is 1.62. The third-order valence-electron chi connectivity index (χ3n) is 4.13. The second-order valence-corrected chi connectivity index (χ2v) is 6.55. The SMILES string of the molecule is N#C/C(=C\c1cccc(OCC(=O)Nc2ccc(F)cc2)c1)C(=O)Nc1ccc(F)cc1. The number of nitrogens with zero attached hydrogens (tertiary/aromatic N) is 1. The van der Waals surface area contributed by atoms with Crippen LogP contribution in [0.4, 0.5) is 20.2 Å². The summed E-state index contributed by atoms with van der Waals surface area (Å²) in [5.41, 5.74) is 1.12. The van der Waals surface area contributed by atoms with Crippen molar-refractivity contribution in [2.75, 3.05) is 17.2 Å². The van der Waals surface area contributed by atoms with Gasteiger partial charge in [-0.2, -0.15) is 5.26 Å². The number of nitrogens with one attached hydrogen (secondary N) is 2. The number of ether oxygens (including phenoxy) is 1. The molecule has 0 bridgehead atoms. The largest absolute Gasteiger partial charge is 0.484 e. The van der Waals surface area contributed by atoms with Gasteiger partial charge in [0.15, 0.2) is 6.61 Å². The van der Waals surface area contributed by atoms with E-state index in [4.69, 9.17) is 4.74 Å². The fraction of sp³-hybridized carbons (Fsp3) is 0.0417. The molecule has 6 nitrogen and oxygen atoms in total. The maximum atomic E-state index is 13.0. The number of nitriles is 1. The molecular formula is C24H17F2N3O3. The molecule has 0 unspecified atom stereocenters. The van der Waals surface area contributed by atoms with Crippen molar-refractivity contribution in [3.8, 4) is 11.8 Å². The topological polar surface area (TPSA) is 91.2 Å². The maximum Gasteiger partial charge on any atom is 0.266 e. The lowest BCUT2D eigenvalue weighted by Crippen LogP contribution is -2.20. The molecule has 0 saturated heterocycles. The molecule has 0 aliphatic rings. The molecule has 3 aromatic carbocycles. The van der Waals surface area contributed by atoms with Gasteiger partial charge in [-0.05, 0) is 72.3 Å². The van der Waals surface area contributed by atoms with Crippen LogP contribution in [0.3, 0.4) is 0 Å². The molecule has 0 heterocycles. The van der Waals surface area contributed by atoms with Gasteiger partial charge in [0.2, 0.25) is 0 Å². The minimum Gasteiger partial charge on any atom is -0.484 e. The summed E-state index contributed by atoms with van der Waals surface area (Å²) in [6, 6.07) is 18.8. The quantitative estimate of drug-likeness (QED) is 0.423. The van der Waals surface area contributed by atoms with Crippen LogP contribution >= 0.6 is 0 Å². The molecule has 0 aliphatic heterocycles. The molecule has 0 atom stereocenters. The Kier molecular flexibility index (Phi) is 7.28. The zero-order chi connectivity index (χ0) is 22.9. The van der Waals surface area contributed by atoms with E-state index >= 15 is 0 Å². The van der Waals surface area contributed by atoms with Crippen LogP contribution in [0.25, 0.3) is 6.08 Å². The van der Waals surface area contributed by atoms with Crippen molar-refractivity contribution >= 4 is 29.3 Å². The third kappa shape index (κ3) is 6.50. The van der Waals surface area contributed by atoms with Crippen LogP contribution < -0.4 is 15.4 Å². The van der Waals surface area contributed by atoms with E-state index in [2.05, 4.69) is 10.6 Å². The van der Waals surface area contributed by atoms with Gasteiger partial charge in [0.1, 0.15) is 29.0 Å². The molecule has 32 heavy (non-hydrogen) atoms. The highest BCUT2D eigenvalue weighted by Gasteiger charge is 2.10. The number of amides is 2. The summed E-state index contributed by atoms with van der Waals surface area (Å²) < 4.78 is 31.4. The van der Waals surface area contributed by atoms with Gasteiger partial charge in [-0.15, -0.1) is 0 Å². The van der Waals surface area contributed by atoms with Crippen LogP contribution in [0, 0.1) is 23.0 Å². The average molecular weight is 433 g/mol. The van der Waals surface area contributed by atoms with Crippen molar-refractivity contribution in [2.24, 2.45) is 0 Å². The minimum absolute atomic E-state index is 0.166. The Morgan fingerprint density at radius 2 is 1.50 bits per heavy atom. The van der Waals surface area contributed by atoms with Gasteiger partial charge in [-0.25, -0.2) is 8.78 Å². The van der Waals surface area contributed by atoms with E-state index < -0.39 is 23.4 Å². The van der Waals surface area contributed by atoms with Gasteiger partial charge < -0.3 is 15.4 Å². The molecule has 2 amide bonds. The van der Waals surface area contributed by atoms with E-state index in [0.717, 1.165) is 0 Å². The van der Waals surface area contributed by atoms with Crippen molar-refractivity contribution in [1.82, 2.24) is 0 Å². The number of hydrogen-bond acceptors (Lipinski definition) is 4. The van der Waals surface area contributed by atoms with Crippen LogP contribution in [-0.4, -0.2) is 18.4 Å². The number of carbonyl (C=O) groups is 2. The summed E-state index contributed by atoms with van der Waals surface area (Å²) in [7, 11) is 0. The Labute approximate surface area is 182 Å². The van der Waals surface area contributed by atoms with Gasteiger partial charge in [0.25, 0.3) is 11.8 Å². The first kappa shape index (κ1) is 22.2. The molecule has 0 spiro atoms. The fourth-order valence-corrected chi connectivity index (χ4v) is 2.62. The van der Waals surface area contributed by atoms with Crippen LogP contribution in [0.5, 0.6) is 5.75 Å². The second kappa shape index (κ2) is 10.5. The fourth-order valence-electron chi connectivity index (χ4n) is 2.62. The molecule has 0 saturated carbocycles. The number of carbonyl (C=O) groups excluding carboxylic acids is 2. The average Bonchev–Trinajstić information content (AvgIpc) is 2.79. The molecule has 8 heteroatoms. The Morgan fingerprint density at radius 3 is 2.09 bits per heavy atom. The van der Waals surface area contributed by atoms with Crippen molar-refractivity contribution in [3.63, 3.8) is 0 Å². The predicted molar refractivity (Wildman–Crippen MR) is 116 cm³/mol. The molecule has 3 aromatic rings. The Hall–Kier alpha value is -4.51. The summed E-state index contributed by atoms with van der Waals surface area (Å²) in [5, 5.41) is 14.4. The van der Waals surface area contributed by atoms with Gasteiger partial charge >= 0.3 is 0 Å². The van der Waals surface area contributed by atoms with Gasteiger partial charge in [0.05, 0.1) is 0 Å². The van der Waals surface area contributed by atoms with E-state index in [0.29, 0.717) is 22.7 Å². The normalized spacial score (nSPS) is 10.7. The second-order valence-electron chi connectivity index (χ2n) is 6.55. The predicted octanol–water partition coefficient (Wildman–Crippen LogP) is 4.53. The Bertz CT molecular complexity index is 1180. The van der Waals surface area contributed by atoms with Gasteiger partial charge in [-0.1, -0.05) is 12.1 Å². The van der Waals surface area contributed by atoms with Crippen LogP contribution in [-0.2, 0) is 9.59 Å². The minimum atomic E-state index is -0.649. The summed E-state index contributed by atoms with van der Waals surface area (Å²) >= 11 is 0. The van der Waals surface area contributed by atoms with E-state index in [-0.39, 0.29) is 12.2 Å². The van der Waals surface area contributed by atoms with Crippen LogP contribution in [0.1, 0.15) is 5.56 Å². The molecule has 160 valence electrons. The number of hydrogen-bond donors (Lipinski definition) is 2. The van der Waals surface area contributed by atoms with Crippen molar-refractivity contribution in [2.45, 2.75) is 0 Å². The summed E-state index contributed by atoms with van der Waals surface area (Å²) in [6.45, 7) is -0.291. The van der Waals surface area contributed by atoms with Crippen LogP contribution in [0.15, 0.2) is 78.4 Å². The molecule has 0 radical (unpaired) electrons. The zero-order valence-electron chi connectivity index (χ0n) is 16.6. The van der Waals surface area contributed by atoms with Crippen molar-refractivity contribution < 1.29 is 23.1 Å². The van der Waals surface area contributed by atoms with Crippen LogP contribution in [0.2, 0.25) is 0 Å². The molecule has 3 rings (SSSR count). The summed E-state index contributed by atoms with van der Waals surface area (Å²) in [6.07, 6.45) is 1.37. The summed E-state index contributed by atoms with van der Waals surface area (Å²) in [4.78, 5) is 24.3. The monoisotopic (exact) mass is 433 g/mol. The van der Waals surface area contributed by atoms with E-state index in [1.165, 1.54) is 54.6 Å². The molecule has 0 fully saturated rings. The number of rotatable bonds is 7. The van der Waals surface area contributed by atoms with Crippen molar-refractivity contribution in [3.05, 3.63) is 95.6 Å². The maximum absolute atomic E-state index is 13.0. The first-order valence-corrected chi connectivity index (χ1v) is 9.40. The molecule has 2 N–H and O–H groups in total. The lowest BCUT2D eigenvalue weighted by Gasteiger charge is -2.08. The smallest absolute Gasteiger partial charge is 0.266 e. The molecular weight excluding hydrogens is 416 g/mol. The van der Waals surface area contributed by atoms with E-state index in [1.54, 1.807) is 24.3 Å². The first-order chi connectivity index (χ1) is 15.4. The van der Waals surface area contributed by atoms with E-state index in [1.807, 2.05) is 6.07 Å². The van der Waals surface area contributed by atoms with Gasteiger partial charge in [-0.3, -0.25) is 9.59 Å². The Morgan fingerprint density at radius 1 is 0.906 bits per heavy atom. The number of halogens is 2. The number of benzene rings is 3. The molecule has 0 aromatic heterocycles. The summed E-state index contributed by atoms with van der Waals surface area (Å²) in [5.74, 6) is -1.59. The standard InChI is InChI=1S/C24H17F2N3O3/c25-18-4-8-20(9-5-18)28-23(30)15-32-22-3-1-2-16(13-22)12-17(14-27)24(31)29-21-10-6-19(26)7-11-21/h1-13H,15H2,(H,28,30)(H,29,31)/b17-12+. The highest BCUT2D eigenvalue weighted by Crippen LogP contribution is 2.17. The lowest BCUT2D eigenvalue weighted by molar-refractivity contribution is -0.118. The highest BCUT2D eigenvalue weighted by atomic mass is 19.1. The third-order valence-corrected chi connectivity index (χ3v) is 4.13. The van der Waals surface area contributed by atoms with Gasteiger partial charge in [0, 0.05) is 11.4 Å².